The molecule has 5 nitrogen and oxygen atoms in total. The molecule has 0 radical (unpaired) electrons. The van der Waals surface area contributed by atoms with E-state index in [4.69, 9.17) is 5.73 Å². The van der Waals surface area contributed by atoms with Crippen LogP contribution in [0.3, 0.4) is 0 Å². The van der Waals surface area contributed by atoms with Crippen molar-refractivity contribution in [2.45, 2.75) is 38.1 Å². The predicted octanol–water partition coefficient (Wildman–Crippen LogP) is 1.30. The van der Waals surface area contributed by atoms with Crippen molar-refractivity contribution >= 4 is 16.3 Å². The summed E-state index contributed by atoms with van der Waals surface area (Å²) in [5, 5.41) is 13.7. The molecule has 1 aliphatic carbocycles. The Labute approximate surface area is 91.3 Å². The minimum atomic E-state index is 0.484. The van der Waals surface area contributed by atoms with Crippen molar-refractivity contribution in [1.82, 2.24) is 19.8 Å². The normalized spacial score (nSPS) is 17.9. The first-order valence-corrected chi connectivity index (χ1v) is 6.11. The quantitative estimate of drug-likeness (QED) is 0.833. The van der Waals surface area contributed by atoms with Gasteiger partial charge in [-0.2, -0.15) is 9.61 Å². The summed E-state index contributed by atoms with van der Waals surface area (Å²) in [7, 11) is 0. The highest BCUT2D eigenvalue weighted by Gasteiger charge is 2.23. The topological polar surface area (TPSA) is 69.1 Å². The van der Waals surface area contributed by atoms with Crippen LogP contribution in [-0.2, 0) is 6.54 Å². The smallest absolute Gasteiger partial charge is 0.234 e. The van der Waals surface area contributed by atoms with Gasteiger partial charge in [0.2, 0.25) is 4.96 Å². The van der Waals surface area contributed by atoms with Crippen LogP contribution in [0.15, 0.2) is 0 Å². The van der Waals surface area contributed by atoms with Crippen LogP contribution in [0.5, 0.6) is 0 Å². The van der Waals surface area contributed by atoms with Gasteiger partial charge in [0.15, 0.2) is 5.82 Å². The first-order valence-electron chi connectivity index (χ1n) is 5.29. The van der Waals surface area contributed by atoms with E-state index in [9.17, 15) is 0 Å². The van der Waals surface area contributed by atoms with Gasteiger partial charge in [0.25, 0.3) is 0 Å². The molecule has 0 aliphatic heterocycles. The molecule has 1 aliphatic rings. The maximum absolute atomic E-state index is 5.56. The second-order valence-corrected chi connectivity index (χ2v) is 4.97. The Kier molecular flexibility index (Phi) is 2.17. The van der Waals surface area contributed by atoms with Crippen molar-refractivity contribution < 1.29 is 0 Å². The number of hydrogen-bond acceptors (Lipinski definition) is 5. The summed E-state index contributed by atoms with van der Waals surface area (Å²) in [6.07, 6.45) is 5.04. The van der Waals surface area contributed by atoms with Gasteiger partial charge in [-0.05, 0) is 12.8 Å². The third-order valence-electron chi connectivity index (χ3n) is 2.95. The van der Waals surface area contributed by atoms with E-state index in [1.807, 2.05) is 4.52 Å². The summed E-state index contributed by atoms with van der Waals surface area (Å²) in [6, 6.07) is 0. The molecule has 0 saturated heterocycles. The fourth-order valence-corrected chi connectivity index (χ4v) is 2.91. The molecule has 6 heteroatoms. The molecule has 0 aromatic carbocycles. The Bertz CT molecular complexity index is 468. The maximum atomic E-state index is 5.56. The van der Waals surface area contributed by atoms with Crippen LogP contribution in [0.1, 0.15) is 42.4 Å². The molecular formula is C9H13N5S. The van der Waals surface area contributed by atoms with E-state index >= 15 is 0 Å². The average Bonchev–Trinajstić information content (AvgIpc) is 2.92. The Morgan fingerprint density at radius 2 is 2.13 bits per heavy atom. The van der Waals surface area contributed by atoms with Gasteiger partial charge < -0.3 is 5.73 Å². The molecule has 2 aromatic heterocycles. The van der Waals surface area contributed by atoms with E-state index in [2.05, 4.69) is 15.3 Å². The zero-order valence-electron chi connectivity index (χ0n) is 8.39. The molecule has 0 unspecified atom stereocenters. The van der Waals surface area contributed by atoms with Crippen molar-refractivity contribution in [2.24, 2.45) is 5.73 Å². The highest BCUT2D eigenvalue weighted by atomic mass is 32.1. The molecule has 0 atom stereocenters. The van der Waals surface area contributed by atoms with Gasteiger partial charge in [-0.25, -0.2) is 0 Å². The summed E-state index contributed by atoms with van der Waals surface area (Å²) >= 11 is 1.53. The monoisotopic (exact) mass is 223 g/mol. The van der Waals surface area contributed by atoms with Crippen LogP contribution in [0.2, 0.25) is 0 Å². The van der Waals surface area contributed by atoms with E-state index in [1.165, 1.54) is 37.0 Å². The second-order valence-electron chi connectivity index (χ2n) is 3.93. The Hall–Kier alpha value is -1.01. The minimum Gasteiger partial charge on any atom is -0.324 e. The highest BCUT2D eigenvalue weighted by Crippen LogP contribution is 2.33. The van der Waals surface area contributed by atoms with Gasteiger partial charge in [0, 0.05) is 12.5 Å². The lowest BCUT2D eigenvalue weighted by Gasteiger charge is -2.03. The van der Waals surface area contributed by atoms with Crippen LogP contribution < -0.4 is 5.73 Å². The third kappa shape index (κ3) is 1.44. The first kappa shape index (κ1) is 9.23. The summed E-state index contributed by atoms with van der Waals surface area (Å²) in [5.74, 6) is 1.58. The lowest BCUT2D eigenvalue weighted by Crippen LogP contribution is -2.03. The van der Waals surface area contributed by atoms with Gasteiger partial charge >= 0.3 is 0 Å². The molecule has 0 bridgehead atoms. The Morgan fingerprint density at radius 3 is 2.87 bits per heavy atom. The fourth-order valence-electron chi connectivity index (χ4n) is 2.19. The first-order chi connectivity index (χ1) is 7.38. The molecule has 2 aromatic rings. The Morgan fingerprint density at radius 1 is 1.33 bits per heavy atom. The van der Waals surface area contributed by atoms with Gasteiger partial charge in [-0.1, -0.05) is 24.2 Å². The van der Waals surface area contributed by atoms with Crippen LogP contribution in [0.25, 0.3) is 4.96 Å². The summed E-state index contributed by atoms with van der Waals surface area (Å²) in [5.41, 5.74) is 5.56. The van der Waals surface area contributed by atoms with E-state index in [-0.39, 0.29) is 0 Å². The molecule has 0 amide bonds. The summed E-state index contributed by atoms with van der Waals surface area (Å²) in [4.78, 5) is 0.873. The molecule has 1 fully saturated rings. The lowest BCUT2D eigenvalue weighted by atomic mass is 10.1. The van der Waals surface area contributed by atoms with E-state index in [0.717, 1.165) is 15.8 Å². The molecule has 3 rings (SSSR count). The van der Waals surface area contributed by atoms with Crippen LogP contribution in [-0.4, -0.2) is 19.8 Å². The van der Waals surface area contributed by atoms with Gasteiger partial charge in [-0.3, -0.25) is 0 Å². The van der Waals surface area contributed by atoms with E-state index < -0.39 is 0 Å². The molecule has 2 heterocycles. The maximum Gasteiger partial charge on any atom is 0.234 e. The summed E-state index contributed by atoms with van der Waals surface area (Å²) in [6.45, 7) is 0.484. The van der Waals surface area contributed by atoms with Gasteiger partial charge in [0.1, 0.15) is 5.01 Å². The van der Waals surface area contributed by atoms with Crippen molar-refractivity contribution in [2.75, 3.05) is 0 Å². The van der Waals surface area contributed by atoms with Crippen molar-refractivity contribution in [3.8, 4) is 0 Å². The van der Waals surface area contributed by atoms with E-state index in [0.29, 0.717) is 12.5 Å². The largest absolute Gasteiger partial charge is 0.324 e. The third-order valence-corrected chi connectivity index (χ3v) is 3.87. The highest BCUT2D eigenvalue weighted by molar-refractivity contribution is 7.16. The van der Waals surface area contributed by atoms with Crippen LogP contribution in [0, 0.1) is 0 Å². The number of nitrogens with zero attached hydrogens (tertiary/aromatic N) is 4. The van der Waals surface area contributed by atoms with Gasteiger partial charge in [0.05, 0.1) is 0 Å². The minimum absolute atomic E-state index is 0.484. The van der Waals surface area contributed by atoms with Crippen LogP contribution >= 0.6 is 11.3 Å². The lowest BCUT2D eigenvalue weighted by molar-refractivity contribution is 0.637. The van der Waals surface area contributed by atoms with Crippen LogP contribution in [0.4, 0.5) is 0 Å². The average molecular weight is 223 g/mol. The number of aromatic nitrogens is 4. The fraction of sp³-hybridized carbons (Fsp3) is 0.667. The zero-order valence-corrected chi connectivity index (χ0v) is 9.20. The number of fused-ring (bicyclic) bond motifs is 1. The summed E-state index contributed by atoms with van der Waals surface area (Å²) < 4.78 is 1.88. The molecule has 15 heavy (non-hydrogen) atoms. The SMILES string of the molecule is NCc1nn2c(C3CCCC3)nnc2s1. The number of nitrogens with two attached hydrogens (primary N) is 1. The second kappa shape index (κ2) is 3.53. The van der Waals surface area contributed by atoms with Crippen molar-refractivity contribution in [3.63, 3.8) is 0 Å². The molecule has 1 saturated carbocycles. The molecule has 2 N–H and O–H groups in total. The number of rotatable bonds is 2. The standard InChI is InChI=1S/C9H13N5S/c10-5-7-13-14-8(6-3-1-2-4-6)11-12-9(14)15-7/h6H,1-5,10H2. The zero-order chi connectivity index (χ0) is 10.3. The molecular weight excluding hydrogens is 210 g/mol. The van der Waals surface area contributed by atoms with E-state index in [1.54, 1.807) is 0 Å². The predicted molar refractivity (Wildman–Crippen MR) is 57.8 cm³/mol. The molecule has 80 valence electrons. The van der Waals surface area contributed by atoms with Gasteiger partial charge in [-0.15, -0.1) is 10.2 Å². The van der Waals surface area contributed by atoms with Crippen molar-refractivity contribution in [3.05, 3.63) is 10.8 Å². The molecule has 0 spiro atoms. The Balaban J connectivity index is 2.05. The van der Waals surface area contributed by atoms with Crippen molar-refractivity contribution in [1.29, 1.82) is 0 Å². The number of hydrogen-bond donors (Lipinski definition) is 1.